The van der Waals surface area contributed by atoms with Gasteiger partial charge in [0.25, 0.3) is 5.91 Å². The molecule has 0 N–H and O–H groups in total. The molecule has 0 saturated carbocycles. The Labute approximate surface area is 124 Å². The van der Waals surface area contributed by atoms with Crippen molar-refractivity contribution < 1.29 is 19.1 Å². The largest absolute Gasteiger partial charge is 0.484 e. The van der Waals surface area contributed by atoms with Crippen molar-refractivity contribution in [1.82, 2.24) is 9.80 Å². The van der Waals surface area contributed by atoms with E-state index in [0.717, 1.165) is 0 Å². The molecule has 0 spiro atoms. The quantitative estimate of drug-likeness (QED) is 0.841. The van der Waals surface area contributed by atoms with Gasteiger partial charge in [0.05, 0.1) is 6.61 Å². The van der Waals surface area contributed by atoms with Crippen LogP contribution in [0.4, 0.5) is 4.79 Å². The number of nitrogens with zero attached hydrogens (tertiary/aromatic N) is 2. The summed E-state index contributed by atoms with van der Waals surface area (Å²) in [7, 11) is 0. The Morgan fingerprint density at radius 3 is 2.29 bits per heavy atom. The van der Waals surface area contributed by atoms with Gasteiger partial charge in [0, 0.05) is 26.2 Å². The molecule has 1 fully saturated rings. The molecule has 0 radical (unpaired) electrons. The zero-order valence-corrected chi connectivity index (χ0v) is 12.2. The average molecular weight is 292 g/mol. The SMILES string of the molecule is CCOC(=O)N1CCN(C(=O)COc2ccccc2)CC1. The summed E-state index contributed by atoms with van der Waals surface area (Å²) in [6.07, 6.45) is -0.315. The Morgan fingerprint density at radius 1 is 1.05 bits per heavy atom. The minimum atomic E-state index is -0.315. The summed E-state index contributed by atoms with van der Waals surface area (Å²) in [6.45, 7) is 4.17. The molecule has 114 valence electrons. The van der Waals surface area contributed by atoms with Crippen LogP contribution in [0.1, 0.15) is 6.92 Å². The van der Waals surface area contributed by atoms with Crippen LogP contribution >= 0.6 is 0 Å². The standard InChI is InChI=1S/C15H20N2O4/c1-2-20-15(19)17-10-8-16(9-11-17)14(18)12-21-13-6-4-3-5-7-13/h3-7H,2,8-12H2,1H3. The summed E-state index contributed by atoms with van der Waals surface area (Å²) in [6, 6.07) is 9.23. The fourth-order valence-electron chi connectivity index (χ4n) is 2.11. The van der Waals surface area contributed by atoms with Gasteiger partial charge in [-0.05, 0) is 19.1 Å². The molecule has 6 heteroatoms. The molecule has 1 aromatic rings. The van der Waals surface area contributed by atoms with Crippen LogP contribution in [-0.4, -0.2) is 61.2 Å². The van der Waals surface area contributed by atoms with Gasteiger partial charge in [-0.15, -0.1) is 0 Å². The van der Waals surface area contributed by atoms with Gasteiger partial charge in [-0.1, -0.05) is 18.2 Å². The van der Waals surface area contributed by atoms with E-state index in [1.807, 2.05) is 30.3 Å². The lowest BCUT2D eigenvalue weighted by Crippen LogP contribution is -2.51. The van der Waals surface area contributed by atoms with E-state index in [9.17, 15) is 9.59 Å². The van der Waals surface area contributed by atoms with Crippen LogP contribution in [0.25, 0.3) is 0 Å². The van der Waals surface area contributed by atoms with Crippen molar-refractivity contribution in [2.45, 2.75) is 6.92 Å². The molecule has 2 rings (SSSR count). The summed E-state index contributed by atoms with van der Waals surface area (Å²) in [5, 5.41) is 0. The Morgan fingerprint density at radius 2 is 1.67 bits per heavy atom. The van der Waals surface area contributed by atoms with E-state index in [1.165, 1.54) is 0 Å². The summed E-state index contributed by atoms with van der Waals surface area (Å²) < 4.78 is 10.4. The first kappa shape index (κ1) is 15.2. The second-order valence-electron chi connectivity index (χ2n) is 4.67. The lowest BCUT2D eigenvalue weighted by atomic mass is 10.3. The van der Waals surface area contributed by atoms with Gasteiger partial charge in [0.1, 0.15) is 5.75 Å². The molecule has 2 amide bonds. The van der Waals surface area contributed by atoms with Gasteiger partial charge in [0.2, 0.25) is 0 Å². The third kappa shape index (κ3) is 4.37. The first-order valence-corrected chi connectivity index (χ1v) is 7.08. The molecular weight excluding hydrogens is 272 g/mol. The zero-order valence-electron chi connectivity index (χ0n) is 12.2. The van der Waals surface area contributed by atoms with Crippen LogP contribution in [0.15, 0.2) is 30.3 Å². The van der Waals surface area contributed by atoms with Crippen LogP contribution < -0.4 is 4.74 Å². The van der Waals surface area contributed by atoms with E-state index >= 15 is 0 Å². The number of carbonyl (C=O) groups is 2. The van der Waals surface area contributed by atoms with Gasteiger partial charge in [-0.3, -0.25) is 4.79 Å². The topological polar surface area (TPSA) is 59.1 Å². The molecule has 6 nitrogen and oxygen atoms in total. The van der Waals surface area contributed by atoms with Crippen molar-refractivity contribution in [3.05, 3.63) is 30.3 Å². The first-order valence-electron chi connectivity index (χ1n) is 7.08. The summed E-state index contributed by atoms with van der Waals surface area (Å²) >= 11 is 0. The first-order chi connectivity index (χ1) is 10.2. The highest BCUT2D eigenvalue weighted by Crippen LogP contribution is 2.09. The maximum atomic E-state index is 12.0. The smallest absolute Gasteiger partial charge is 0.409 e. The third-order valence-electron chi connectivity index (χ3n) is 3.26. The minimum absolute atomic E-state index is 0.0173. The monoisotopic (exact) mass is 292 g/mol. The van der Waals surface area contributed by atoms with Gasteiger partial charge in [0.15, 0.2) is 6.61 Å². The van der Waals surface area contributed by atoms with E-state index < -0.39 is 0 Å². The zero-order chi connectivity index (χ0) is 15.1. The van der Waals surface area contributed by atoms with Crippen LogP contribution in [0.3, 0.4) is 0 Å². The highest BCUT2D eigenvalue weighted by atomic mass is 16.6. The maximum Gasteiger partial charge on any atom is 0.409 e. The number of benzene rings is 1. The molecule has 21 heavy (non-hydrogen) atoms. The molecule has 1 heterocycles. The van der Waals surface area contributed by atoms with Crippen LogP contribution in [0, 0.1) is 0 Å². The fourth-order valence-corrected chi connectivity index (χ4v) is 2.11. The van der Waals surface area contributed by atoms with Gasteiger partial charge < -0.3 is 19.3 Å². The number of para-hydroxylation sites is 1. The molecular formula is C15H20N2O4. The van der Waals surface area contributed by atoms with Crippen LogP contribution in [0.2, 0.25) is 0 Å². The lowest BCUT2D eigenvalue weighted by Gasteiger charge is -2.33. The highest BCUT2D eigenvalue weighted by molar-refractivity contribution is 5.78. The Hall–Kier alpha value is -2.24. The van der Waals surface area contributed by atoms with Crippen molar-refractivity contribution in [2.75, 3.05) is 39.4 Å². The van der Waals surface area contributed by atoms with Gasteiger partial charge in [-0.2, -0.15) is 0 Å². The normalized spacial score (nSPS) is 14.7. The maximum absolute atomic E-state index is 12.0. The Bertz CT molecular complexity index is 470. The lowest BCUT2D eigenvalue weighted by molar-refractivity contribution is -0.134. The molecule has 1 aromatic carbocycles. The molecule has 1 saturated heterocycles. The van der Waals surface area contributed by atoms with Gasteiger partial charge >= 0.3 is 6.09 Å². The molecule has 0 aliphatic carbocycles. The third-order valence-corrected chi connectivity index (χ3v) is 3.26. The van der Waals surface area contributed by atoms with E-state index in [2.05, 4.69) is 0 Å². The van der Waals surface area contributed by atoms with Gasteiger partial charge in [-0.25, -0.2) is 4.79 Å². The number of amides is 2. The molecule has 1 aliphatic rings. The fraction of sp³-hybridized carbons (Fsp3) is 0.467. The van der Waals surface area contributed by atoms with Crippen molar-refractivity contribution >= 4 is 12.0 Å². The number of hydrogen-bond donors (Lipinski definition) is 0. The number of piperazine rings is 1. The van der Waals surface area contributed by atoms with E-state index in [4.69, 9.17) is 9.47 Å². The minimum Gasteiger partial charge on any atom is -0.484 e. The predicted octanol–water partition coefficient (Wildman–Crippen LogP) is 1.37. The second-order valence-corrected chi connectivity index (χ2v) is 4.67. The van der Waals surface area contributed by atoms with Crippen LogP contribution in [0.5, 0.6) is 5.75 Å². The summed E-state index contributed by atoms with van der Waals surface area (Å²) in [4.78, 5) is 26.9. The number of hydrogen-bond acceptors (Lipinski definition) is 4. The van der Waals surface area contributed by atoms with Crippen molar-refractivity contribution in [3.63, 3.8) is 0 Å². The average Bonchev–Trinajstić information content (AvgIpc) is 2.54. The van der Waals surface area contributed by atoms with E-state index in [1.54, 1.807) is 16.7 Å². The Balaban J connectivity index is 1.74. The summed E-state index contributed by atoms with van der Waals surface area (Å²) in [5.41, 5.74) is 0. The van der Waals surface area contributed by atoms with Crippen molar-refractivity contribution in [3.8, 4) is 5.75 Å². The number of carbonyl (C=O) groups excluding carboxylic acids is 2. The summed E-state index contributed by atoms with van der Waals surface area (Å²) in [5.74, 6) is 0.610. The van der Waals surface area contributed by atoms with Crippen LogP contribution in [-0.2, 0) is 9.53 Å². The van der Waals surface area contributed by atoms with E-state index in [-0.39, 0.29) is 18.6 Å². The number of ether oxygens (including phenoxy) is 2. The van der Waals surface area contributed by atoms with Crippen molar-refractivity contribution in [1.29, 1.82) is 0 Å². The van der Waals surface area contributed by atoms with Crippen molar-refractivity contribution in [2.24, 2.45) is 0 Å². The molecule has 0 atom stereocenters. The van der Waals surface area contributed by atoms with E-state index in [0.29, 0.717) is 38.5 Å². The molecule has 0 aromatic heterocycles. The number of rotatable bonds is 4. The predicted molar refractivity (Wildman–Crippen MR) is 77.1 cm³/mol. The molecule has 0 unspecified atom stereocenters. The second kappa shape index (κ2) is 7.52. The Kier molecular flexibility index (Phi) is 5.43. The molecule has 0 bridgehead atoms. The highest BCUT2D eigenvalue weighted by Gasteiger charge is 2.24. The molecule has 1 aliphatic heterocycles.